The molecule has 0 spiro atoms. The van der Waals surface area contributed by atoms with E-state index in [1.165, 1.54) is 0 Å². The van der Waals surface area contributed by atoms with E-state index in [9.17, 15) is 28.8 Å². The first-order chi connectivity index (χ1) is 8.53. The van der Waals surface area contributed by atoms with Gasteiger partial charge in [0.15, 0.2) is 6.10 Å². The molecule has 0 aromatic rings. The lowest BCUT2D eigenvalue weighted by Gasteiger charge is -2.15. The number of hydrogen-bond donors (Lipinski definition) is 0. The van der Waals surface area contributed by atoms with E-state index in [4.69, 9.17) is 0 Å². The molecule has 98 valence electrons. The summed E-state index contributed by atoms with van der Waals surface area (Å²) in [5.41, 5.74) is 0. The number of carbonyl (C=O) groups is 6. The molecule has 0 aromatic heterocycles. The smallest absolute Gasteiger partial charge is 0.371 e. The van der Waals surface area contributed by atoms with Crippen LogP contribution in [0.25, 0.3) is 0 Å². The molecule has 0 saturated heterocycles. The molecule has 9 heteroatoms. The number of esters is 3. The van der Waals surface area contributed by atoms with Crippen molar-refractivity contribution in [1.82, 2.24) is 0 Å². The minimum Gasteiger partial charge on any atom is -0.456 e. The van der Waals surface area contributed by atoms with Gasteiger partial charge >= 0.3 is 17.9 Å². The van der Waals surface area contributed by atoms with Crippen molar-refractivity contribution in [3.63, 3.8) is 0 Å². The highest BCUT2D eigenvalue weighted by Gasteiger charge is 2.18. The molecule has 0 unspecified atom stereocenters. The largest absolute Gasteiger partial charge is 0.456 e. The number of aldehydes is 3. The summed E-state index contributed by atoms with van der Waals surface area (Å²) in [6.07, 6.45) is -1.71. The van der Waals surface area contributed by atoms with Crippen LogP contribution in [0.2, 0.25) is 0 Å². The summed E-state index contributed by atoms with van der Waals surface area (Å²) in [5, 5.41) is 0. The number of hydrogen-bond acceptors (Lipinski definition) is 9. The molecule has 0 fully saturated rings. The van der Waals surface area contributed by atoms with E-state index in [1.54, 1.807) is 0 Å². The second-order valence-electron chi connectivity index (χ2n) is 2.67. The van der Waals surface area contributed by atoms with Crippen molar-refractivity contribution in [3.05, 3.63) is 0 Å². The van der Waals surface area contributed by atoms with Gasteiger partial charge in [0.2, 0.25) is 18.9 Å². The van der Waals surface area contributed by atoms with E-state index in [-0.39, 0.29) is 18.9 Å². The third kappa shape index (κ3) is 6.82. The molecule has 9 nitrogen and oxygen atoms in total. The fourth-order valence-corrected chi connectivity index (χ4v) is 0.726. The molecule has 0 saturated carbocycles. The predicted octanol–water partition coefficient (Wildman–Crippen LogP) is -2.42. The zero-order chi connectivity index (χ0) is 14.0. The van der Waals surface area contributed by atoms with Crippen LogP contribution in [0, 0.1) is 0 Å². The second kappa shape index (κ2) is 8.56. The summed E-state index contributed by atoms with van der Waals surface area (Å²) in [5.74, 6) is -3.75. The number of rotatable bonds is 8. The van der Waals surface area contributed by atoms with Gasteiger partial charge in [0.1, 0.15) is 13.2 Å². The summed E-state index contributed by atoms with van der Waals surface area (Å²) < 4.78 is 13.0. The molecule has 0 aliphatic rings. The quantitative estimate of drug-likeness (QED) is 0.202. The van der Waals surface area contributed by atoms with Crippen LogP contribution < -0.4 is 0 Å². The van der Waals surface area contributed by atoms with Gasteiger partial charge in [0.25, 0.3) is 0 Å². The van der Waals surface area contributed by atoms with E-state index in [2.05, 4.69) is 14.2 Å². The van der Waals surface area contributed by atoms with Gasteiger partial charge in [0.05, 0.1) is 0 Å². The number of ether oxygens (including phenoxy) is 3. The second-order valence-corrected chi connectivity index (χ2v) is 2.67. The maximum absolute atomic E-state index is 10.6. The Morgan fingerprint density at radius 3 is 1.50 bits per heavy atom. The highest BCUT2D eigenvalue weighted by Crippen LogP contribution is 1.96. The average Bonchev–Trinajstić information content (AvgIpc) is 2.40. The summed E-state index contributed by atoms with van der Waals surface area (Å²) >= 11 is 0. The predicted molar refractivity (Wildman–Crippen MR) is 50.0 cm³/mol. The minimum atomic E-state index is -1.30. The first-order valence-electron chi connectivity index (χ1n) is 4.43. The van der Waals surface area contributed by atoms with Crippen LogP contribution in [0.15, 0.2) is 0 Å². The monoisotopic (exact) mass is 260 g/mol. The Hall–Kier alpha value is -2.58. The van der Waals surface area contributed by atoms with Crippen molar-refractivity contribution >= 4 is 36.8 Å². The highest BCUT2D eigenvalue weighted by molar-refractivity contribution is 6.21. The van der Waals surface area contributed by atoms with Gasteiger partial charge in [0, 0.05) is 0 Å². The third-order valence-corrected chi connectivity index (χ3v) is 1.39. The molecule has 0 bridgehead atoms. The van der Waals surface area contributed by atoms with Crippen molar-refractivity contribution in [1.29, 1.82) is 0 Å². The minimum absolute atomic E-state index is 0.129. The molecule has 0 atom stereocenters. The number of carbonyl (C=O) groups excluding carboxylic acids is 6. The van der Waals surface area contributed by atoms with E-state index in [0.717, 1.165) is 0 Å². The Bertz CT molecular complexity index is 335. The molecule has 0 amide bonds. The molecule has 0 aliphatic heterocycles. The lowest BCUT2D eigenvalue weighted by molar-refractivity contribution is -0.167. The Labute approximate surface area is 100.0 Å². The van der Waals surface area contributed by atoms with Crippen LogP contribution in [0.5, 0.6) is 0 Å². The average molecular weight is 260 g/mol. The van der Waals surface area contributed by atoms with Crippen LogP contribution >= 0.6 is 0 Å². The molecular weight excluding hydrogens is 252 g/mol. The maximum atomic E-state index is 10.6. The van der Waals surface area contributed by atoms with Crippen molar-refractivity contribution in [2.24, 2.45) is 0 Å². The van der Waals surface area contributed by atoms with Crippen molar-refractivity contribution < 1.29 is 43.0 Å². The summed E-state index contributed by atoms with van der Waals surface area (Å²) in [7, 11) is 0. The lowest BCUT2D eigenvalue weighted by Crippen LogP contribution is -2.31. The van der Waals surface area contributed by atoms with Crippen LogP contribution in [0.3, 0.4) is 0 Å². The lowest BCUT2D eigenvalue weighted by atomic mass is 10.4. The van der Waals surface area contributed by atoms with Crippen molar-refractivity contribution in [2.75, 3.05) is 13.2 Å². The first kappa shape index (κ1) is 15.4. The van der Waals surface area contributed by atoms with Crippen LogP contribution in [0.1, 0.15) is 0 Å². The fourth-order valence-electron chi connectivity index (χ4n) is 0.726. The SMILES string of the molecule is O=CC(=O)OCC(COC(=O)C=O)OC(=O)C=O. The van der Waals surface area contributed by atoms with Gasteiger partial charge in [-0.25, -0.2) is 14.4 Å². The Morgan fingerprint density at radius 1 is 0.778 bits per heavy atom. The zero-order valence-corrected chi connectivity index (χ0v) is 8.90. The Morgan fingerprint density at radius 2 is 1.17 bits per heavy atom. The molecule has 0 aliphatic carbocycles. The molecule has 0 rings (SSSR count). The summed E-state index contributed by atoms with van der Waals surface area (Å²) in [6.45, 7) is -1.22. The highest BCUT2D eigenvalue weighted by atomic mass is 16.6. The van der Waals surface area contributed by atoms with Gasteiger partial charge in [-0.15, -0.1) is 0 Å². The van der Waals surface area contributed by atoms with E-state index >= 15 is 0 Å². The fraction of sp³-hybridized carbons (Fsp3) is 0.333. The van der Waals surface area contributed by atoms with E-state index in [0.29, 0.717) is 0 Å². The first-order valence-corrected chi connectivity index (χ1v) is 4.43. The zero-order valence-electron chi connectivity index (χ0n) is 8.90. The van der Waals surface area contributed by atoms with Crippen LogP contribution in [-0.2, 0) is 43.0 Å². The van der Waals surface area contributed by atoms with Crippen LogP contribution in [-0.4, -0.2) is 56.1 Å². The summed E-state index contributed by atoms with van der Waals surface area (Å²) in [6, 6.07) is 0. The molecule has 0 heterocycles. The van der Waals surface area contributed by atoms with Crippen LogP contribution in [0.4, 0.5) is 0 Å². The third-order valence-electron chi connectivity index (χ3n) is 1.39. The van der Waals surface area contributed by atoms with Gasteiger partial charge in [-0.2, -0.15) is 0 Å². The van der Waals surface area contributed by atoms with Crippen molar-refractivity contribution in [2.45, 2.75) is 6.10 Å². The summed E-state index contributed by atoms with van der Waals surface area (Å²) in [4.78, 5) is 61.5. The van der Waals surface area contributed by atoms with E-state index < -0.39 is 37.2 Å². The maximum Gasteiger partial charge on any atom is 0.371 e. The van der Waals surface area contributed by atoms with E-state index in [1.807, 2.05) is 0 Å². The topological polar surface area (TPSA) is 130 Å². The molecule has 0 radical (unpaired) electrons. The Kier molecular flexibility index (Phi) is 7.33. The van der Waals surface area contributed by atoms with Gasteiger partial charge < -0.3 is 14.2 Å². The molecular formula is C9H8O9. The standard InChI is InChI=1S/C9H8O9/c10-1-7(13)16-4-6(18-9(15)3-12)5-17-8(14)2-11/h1-3,6H,4-5H2. The van der Waals surface area contributed by atoms with Crippen molar-refractivity contribution in [3.8, 4) is 0 Å². The normalized spacial score (nSPS) is 9.17. The van der Waals surface area contributed by atoms with Gasteiger partial charge in [-0.1, -0.05) is 0 Å². The molecule has 18 heavy (non-hydrogen) atoms. The molecule has 0 N–H and O–H groups in total. The molecule has 0 aromatic carbocycles. The Balaban J connectivity index is 4.31. The van der Waals surface area contributed by atoms with Gasteiger partial charge in [-0.05, 0) is 0 Å². The van der Waals surface area contributed by atoms with Gasteiger partial charge in [-0.3, -0.25) is 14.4 Å².